The molecule has 0 saturated heterocycles. The third-order valence-electron chi connectivity index (χ3n) is 2.41. The van der Waals surface area contributed by atoms with Crippen molar-refractivity contribution in [3.8, 4) is 0 Å². The Morgan fingerprint density at radius 1 is 1.12 bits per heavy atom. The molecule has 2 rings (SSSR count). The molecule has 0 aliphatic carbocycles. The molecule has 1 aromatic heterocycles. The summed E-state index contributed by atoms with van der Waals surface area (Å²) in [5.74, 6) is -0.405. The Morgan fingerprint density at radius 3 is 2.41 bits per heavy atom. The molecule has 0 amide bonds. The number of nitrogens with two attached hydrogens (primary N) is 1. The average molecular weight is 296 g/mol. The summed E-state index contributed by atoms with van der Waals surface area (Å²) in [5.41, 5.74) is 7.02. The van der Waals surface area contributed by atoms with E-state index < -0.39 is 5.82 Å². The summed E-state index contributed by atoms with van der Waals surface area (Å²) in [5, 5.41) is 0. The van der Waals surface area contributed by atoms with E-state index in [1.807, 2.05) is 24.3 Å². The Morgan fingerprint density at radius 2 is 1.76 bits per heavy atom. The van der Waals surface area contributed by atoms with E-state index in [-0.39, 0.29) is 12.2 Å². The van der Waals surface area contributed by atoms with Crippen LogP contribution < -0.4 is 5.73 Å². The van der Waals surface area contributed by atoms with E-state index >= 15 is 0 Å². The first-order valence-electron chi connectivity index (χ1n) is 5.13. The Hall–Kier alpha value is -1.33. The molecule has 0 aliphatic rings. The minimum Gasteiger partial charge on any atom is -0.325 e. The van der Waals surface area contributed by atoms with Crippen molar-refractivity contribution in [1.29, 1.82) is 0 Å². The van der Waals surface area contributed by atoms with Crippen molar-refractivity contribution in [1.82, 2.24) is 9.97 Å². The number of hydrogen-bond acceptors (Lipinski definition) is 3. The fourth-order valence-electron chi connectivity index (χ4n) is 1.51. The van der Waals surface area contributed by atoms with Gasteiger partial charge < -0.3 is 5.73 Å². The fraction of sp³-hybridized carbons (Fsp3) is 0.167. The van der Waals surface area contributed by atoms with Crippen LogP contribution in [0.25, 0.3) is 0 Å². The Bertz CT molecular complexity index is 514. The Kier molecular flexibility index (Phi) is 3.81. The summed E-state index contributed by atoms with van der Waals surface area (Å²) < 4.78 is 14.8. The zero-order valence-corrected chi connectivity index (χ0v) is 10.6. The second kappa shape index (κ2) is 5.33. The second-order valence-corrected chi connectivity index (χ2v) is 4.50. The van der Waals surface area contributed by atoms with E-state index in [1.54, 1.807) is 0 Å². The minimum atomic E-state index is -0.405. The number of halogens is 2. The van der Waals surface area contributed by atoms with Gasteiger partial charge in [-0.3, -0.25) is 0 Å². The summed E-state index contributed by atoms with van der Waals surface area (Å²) in [7, 11) is 0. The number of rotatable bonds is 3. The largest absolute Gasteiger partial charge is 0.325 e. The highest BCUT2D eigenvalue weighted by molar-refractivity contribution is 9.10. The van der Waals surface area contributed by atoms with E-state index in [1.165, 1.54) is 6.33 Å². The van der Waals surface area contributed by atoms with Gasteiger partial charge >= 0.3 is 0 Å². The van der Waals surface area contributed by atoms with Crippen LogP contribution in [0.3, 0.4) is 0 Å². The van der Waals surface area contributed by atoms with Crippen LogP contribution in [-0.4, -0.2) is 9.97 Å². The van der Waals surface area contributed by atoms with Crippen molar-refractivity contribution in [2.45, 2.75) is 13.0 Å². The van der Waals surface area contributed by atoms with Crippen LogP contribution in [0.4, 0.5) is 4.39 Å². The Balaban J connectivity index is 2.27. The molecule has 5 heteroatoms. The van der Waals surface area contributed by atoms with E-state index in [9.17, 15) is 4.39 Å². The molecule has 0 radical (unpaired) electrons. The van der Waals surface area contributed by atoms with Crippen LogP contribution in [0.1, 0.15) is 17.0 Å². The second-order valence-electron chi connectivity index (χ2n) is 3.59. The van der Waals surface area contributed by atoms with Crippen molar-refractivity contribution in [2.75, 3.05) is 0 Å². The first kappa shape index (κ1) is 12.1. The molecule has 2 aromatic rings. The average Bonchev–Trinajstić information content (AvgIpc) is 2.35. The summed E-state index contributed by atoms with van der Waals surface area (Å²) in [6.07, 6.45) is 1.79. The van der Waals surface area contributed by atoms with Gasteiger partial charge in [0.15, 0.2) is 5.82 Å². The van der Waals surface area contributed by atoms with E-state index in [0.717, 1.165) is 10.0 Å². The molecule has 0 fully saturated rings. The van der Waals surface area contributed by atoms with Gasteiger partial charge in [0.25, 0.3) is 0 Å². The first-order chi connectivity index (χ1) is 8.20. The van der Waals surface area contributed by atoms with Crippen LogP contribution in [-0.2, 0) is 13.0 Å². The van der Waals surface area contributed by atoms with Crippen molar-refractivity contribution in [3.63, 3.8) is 0 Å². The molecule has 3 nitrogen and oxygen atoms in total. The fourth-order valence-corrected chi connectivity index (χ4v) is 1.77. The highest BCUT2D eigenvalue weighted by atomic mass is 79.9. The lowest BCUT2D eigenvalue weighted by Crippen LogP contribution is -2.08. The van der Waals surface area contributed by atoms with Gasteiger partial charge in [-0.1, -0.05) is 28.1 Å². The maximum Gasteiger partial charge on any atom is 0.167 e. The molecular formula is C12H11BrFN3. The molecule has 1 heterocycles. The maximum atomic E-state index is 13.8. The summed E-state index contributed by atoms with van der Waals surface area (Å²) >= 11 is 3.35. The zero-order chi connectivity index (χ0) is 12.3. The standard InChI is InChI=1S/C12H11BrFN3/c13-9-3-1-8(2-4-9)5-10-12(14)11(6-15)17-7-16-10/h1-4,7H,5-6,15H2. The van der Waals surface area contributed by atoms with Gasteiger partial charge in [0.2, 0.25) is 0 Å². The molecule has 2 N–H and O–H groups in total. The van der Waals surface area contributed by atoms with E-state index in [0.29, 0.717) is 12.1 Å². The third-order valence-corrected chi connectivity index (χ3v) is 2.94. The molecule has 0 unspecified atom stereocenters. The monoisotopic (exact) mass is 295 g/mol. The third kappa shape index (κ3) is 2.87. The minimum absolute atomic E-state index is 0.0850. The molecule has 88 valence electrons. The summed E-state index contributed by atoms with van der Waals surface area (Å²) in [4.78, 5) is 7.75. The topological polar surface area (TPSA) is 51.8 Å². The normalized spacial score (nSPS) is 10.5. The summed E-state index contributed by atoms with van der Waals surface area (Å²) in [6, 6.07) is 7.68. The predicted molar refractivity (Wildman–Crippen MR) is 66.8 cm³/mol. The van der Waals surface area contributed by atoms with Crippen molar-refractivity contribution < 1.29 is 4.39 Å². The van der Waals surface area contributed by atoms with Gasteiger partial charge in [-0.05, 0) is 17.7 Å². The highest BCUT2D eigenvalue weighted by Gasteiger charge is 2.10. The van der Waals surface area contributed by atoms with Gasteiger partial charge in [0.05, 0.1) is 11.4 Å². The molecular weight excluding hydrogens is 285 g/mol. The van der Waals surface area contributed by atoms with Gasteiger partial charge in [-0.2, -0.15) is 0 Å². The Labute approximate surface area is 107 Å². The number of benzene rings is 1. The van der Waals surface area contributed by atoms with Crippen molar-refractivity contribution in [2.24, 2.45) is 5.73 Å². The van der Waals surface area contributed by atoms with Crippen LogP contribution in [0.15, 0.2) is 35.1 Å². The molecule has 0 saturated carbocycles. The predicted octanol–water partition coefficient (Wildman–Crippen LogP) is 2.43. The lowest BCUT2D eigenvalue weighted by Gasteiger charge is -2.05. The lowest BCUT2D eigenvalue weighted by molar-refractivity contribution is 0.574. The van der Waals surface area contributed by atoms with Gasteiger partial charge in [-0.15, -0.1) is 0 Å². The van der Waals surface area contributed by atoms with Crippen LogP contribution in [0, 0.1) is 5.82 Å². The SMILES string of the molecule is NCc1ncnc(Cc2ccc(Br)cc2)c1F. The van der Waals surface area contributed by atoms with Gasteiger partial charge in [0, 0.05) is 17.4 Å². The molecule has 0 aliphatic heterocycles. The van der Waals surface area contributed by atoms with Gasteiger partial charge in [0.1, 0.15) is 6.33 Å². The van der Waals surface area contributed by atoms with Crippen LogP contribution >= 0.6 is 15.9 Å². The number of hydrogen-bond donors (Lipinski definition) is 1. The maximum absolute atomic E-state index is 13.8. The van der Waals surface area contributed by atoms with Gasteiger partial charge in [-0.25, -0.2) is 14.4 Å². The molecule has 17 heavy (non-hydrogen) atoms. The smallest absolute Gasteiger partial charge is 0.167 e. The molecule has 1 aromatic carbocycles. The van der Waals surface area contributed by atoms with Crippen molar-refractivity contribution >= 4 is 15.9 Å². The first-order valence-corrected chi connectivity index (χ1v) is 5.92. The van der Waals surface area contributed by atoms with E-state index in [4.69, 9.17) is 5.73 Å². The zero-order valence-electron chi connectivity index (χ0n) is 9.03. The quantitative estimate of drug-likeness (QED) is 0.946. The van der Waals surface area contributed by atoms with Crippen LogP contribution in [0.5, 0.6) is 0 Å². The molecule has 0 spiro atoms. The van der Waals surface area contributed by atoms with Crippen LogP contribution in [0.2, 0.25) is 0 Å². The highest BCUT2D eigenvalue weighted by Crippen LogP contribution is 2.15. The number of aromatic nitrogens is 2. The molecule has 0 bridgehead atoms. The molecule has 0 atom stereocenters. The van der Waals surface area contributed by atoms with Crippen molar-refractivity contribution in [3.05, 3.63) is 57.8 Å². The lowest BCUT2D eigenvalue weighted by atomic mass is 10.1. The van der Waals surface area contributed by atoms with E-state index in [2.05, 4.69) is 25.9 Å². The summed E-state index contributed by atoms with van der Waals surface area (Å²) in [6.45, 7) is 0.0850. The number of nitrogens with zero attached hydrogens (tertiary/aromatic N) is 2.